The zero-order valence-electron chi connectivity index (χ0n) is 7.00. The van der Waals surface area contributed by atoms with E-state index in [1.165, 1.54) is 0 Å². The molecule has 0 radical (unpaired) electrons. The second kappa shape index (κ2) is 4.96. The van der Waals surface area contributed by atoms with Crippen molar-refractivity contribution < 1.29 is 9.90 Å². The number of hydrogen-bond donors (Lipinski definition) is 3. The fraction of sp³-hybridized carbons (Fsp3) is 0.857. The van der Waals surface area contributed by atoms with Gasteiger partial charge in [-0.2, -0.15) is 0 Å². The Morgan fingerprint density at radius 1 is 1.64 bits per heavy atom. The van der Waals surface area contributed by atoms with Crippen LogP contribution in [-0.2, 0) is 0 Å². The number of nitrogens with two attached hydrogens (primary N) is 1. The van der Waals surface area contributed by atoms with Crippen LogP contribution >= 0.6 is 0 Å². The first-order valence-electron chi connectivity index (χ1n) is 3.73. The van der Waals surface area contributed by atoms with Crippen molar-refractivity contribution in [2.75, 3.05) is 6.61 Å². The summed E-state index contributed by atoms with van der Waals surface area (Å²) in [4.78, 5) is 10.4. The van der Waals surface area contributed by atoms with Crippen molar-refractivity contribution in [3.05, 3.63) is 0 Å². The number of primary amides is 1. The highest BCUT2D eigenvalue weighted by molar-refractivity contribution is 5.71. The van der Waals surface area contributed by atoms with Gasteiger partial charge in [-0.05, 0) is 12.3 Å². The molecule has 0 aliphatic heterocycles. The third-order valence-electron chi connectivity index (χ3n) is 1.32. The molecule has 0 saturated heterocycles. The average molecular weight is 160 g/mol. The molecule has 0 aromatic carbocycles. The van der Waals surface area contributed by atoms with Gasteiger partial charge in [0.15, 0.2) is 0 Å². The molecule has 0 aromatic rings. The number of carbonyl (C=O) groups excluding carboxylic acids is 1. The summed E-state index contributed by atoms with van der Waals surface area (Å²) in [6, 6.07) is -0.780. The Balaban J connectivity index is 3.66. The molecule has 0 rings (SSSR count). The van der Waals surface area contributed by atoms with Gasteiger partial charge in [0.05, 0.1) is 12.6 Å². The van der Waals surface area contributed by atoms with Crippen LogP contribution in [-0.4, -0.2) is 23.8 Å². The van der Waals surface area contributed by atoms with Crippen molar-refractivity contribution in [2.45, 2.75) is 26.3 Å². The Bertz CT molecular complexity index is 126. The highest BCUT2D eigenvalue weighted by Gasteiger charge is 2.09. The molecule has 0 heterocycles. The summed E-state index contributed by atoms with van der Waals surface area (Å²) in [7, 11) is 0. The first kappa shape index (κ1) is 10.2. The highest BCUT2D eigenvalue weighted by Crippen LogP contribution is 2.03. The Labute approximate surface area is 66.8 Å². The zero-order chi connectivity index (χ0) is 8.85. The van der Waals surface area contributed by atoms with Crippen molar-refractivity contribution in [1.82, 2.24) is 5.32 Å². The van der Waals surface area contributed by atoms with Crippen molar-refractivity contribution in [3.63, 3.8) is 0 Å². The van der Waals surface area contributed by atoms with Crippen LogP contribution in [0.1, 0.15) is 20.3 Å². The van der Waals surface area contributed by atoms with Gasteiger partial charge in [0.1, 0.15) is 0 Å². The molecule has 0 spiro atoms. The predicted molar refractivity (Wildman–Crippen MR) is 43.0 cm³/mol. The van der Waals surface area contributed by atoms with E-state index in [9.17, 15) is 4.79 Å². The van der Waals surface area contributed by atoms with Gasteiger partial charge >= 0.3 is 6.03 Å². The van der Waals surface area contributed by atoms with Crippen molar-refractivity contribution >= 4 is 6.03 Å². The second-order valence-electron chi connectivity index (χ2n) is 3.02. The summed E-state index contributed by atoms with van der Waals surface area (Å²) in [6.07, 6.45) is 0.749. The third kappa shape index (κ3) is 5.66. The number of hydrogen-bond acceptors (Lipinski definition) is 2. The lowest BCUT2D eigenvalue weighted by Crippen LogP contribution is -2.41. The van der Waals surface area contributed by atoms with E-state index < -0.39 is 6.03 Å². The van der Waals surface area contributed by atoms with Crippen molar-refractivity contribution in [1.29, 1.82) is 0 Å². The first-order valence-corrected chi connectivity index (χ1v) is 3.73. The standard InChI is InChI=1S/C7H16N2O2/c1-5(2)3-6(4-10)9-7(8)11/h5-6,10H,3-4H2,1-2H3,(H3,8,9,11). The van der Waals surface area contributed by atoms with Crippen LogP contribution in [0.4, 0.5) is 4.79 Å². The van der Waals surface area contributed by atoms with Crippen molar-refractivity contribution in [3.8, 4) is 0 Å². The fourth-order valence-corrected chi connectivity index (χ4v) is 0.949. The Kier molecular flexibility index (Phi) is 4.61. The molecule has 0 bridgehead atoms. The van der Waals surface area contributed by atoms with E-state index in [1.54, 1.807) is 0 Å². The van der Waals surface area contributed by atoms with Crippen LogP contribution in [0.25, 0.3) is 0 Å². The minimum atomic E-state index is -0.579. The maximum atomic E-state index is 10.4. The molecule has 0 aliphatic rings. The molecule has 66 valence electrons. The topological polar surface area (TPSA) is 75.3 Å². The Morgan fingerprint density at radius 3 is 2.45 bits per heavy atom. The number of aliphatic hydroxyl groups excluding tert-OH is 1. The Morgan fingerprint density at radius 2 is 2.18 bits per heavy atom. The molecule has 4 N–H and O–H groups in total. The number of nitrogens with one attached hydrogen (secondary N) is 1. The maximum absolute atomic E-state index is 10.4. The summed E-state index contributed by atoms with van der Waals surface area (Å²) in [5, 5.41) is 11.2. The number of aliphatic hydroxyl groups is 1. The van der Waals surface area contributed by atoms with Crippen LogP contribution in [0.3, 0.4) is 0 Å². The van der Waals surface area contributed by atoms with E-state index in [-0.39, 0.29) is 12.6 Å². The van der Waals surface area contributed by atoms with Gasteiger partial charge in [0.25, 0.3) is 0 Å². The van der Waals surface area contributed by atoms with E-state index >= 15 is 0 Å². The first-order chi connectivity index (χ1) is 5.06. The summed E-state index contributed by atoms with van der Waals surface area (Å²) in [5.41, 5.74) is 4.88. The molecule has 11 heavy (non-hydrogen) atoms. The second-order valence-corrected chi connectivity index (χ2v) is 3.02. The minimum absolute atomic E-state index is 0.0544. The molecule has 0 aromatic heterocycles. The van der Waals surface area contributed by atoms with E-state index in [0.29, 0.717) is 5.92 Å². The molecule has 1 unspecified atom stereocenters. The quantitative estimate of drug-likeness (QED) is 0.544. The van der Waals surface area contributed by atoms with E-state index in [0.717, 1.165) is 6.42 Å². The third-order valence-corrected chi connectivity index (χ3v) is 1.32. The number of amides is 2. The van der Waals surface area contributed by atoms with E-state index in [1.807, 2.05) is 13.8 Å². The fourth-order valence-electron chi connectivity index (χ4n) is 0.949. The van der Waals surface area contributed by atoms with Crippen LogP contribution in [0, 0.1) is 5.92 Å². The average Bonchev–Trinajstić information content (AvgIpc) is 1.84. The highest BCUT2D eigenvalue weighted by atomic mass is 16.3. The normalized spacial score (nSPS) is 13.1. The molecule has 2 amide bonds. The van der Waals surface area contributed by atoms with Gasteiger partial charge < -0.3 is 16.2 Å². The number of carbonyl (C=O) groups is 1. The summed E-state index contributed by atoms with van der Waals surface area (Å²) < 4.78 is 0. The number of urea groups is 1. The maximum Gasteiger partial charge on any atom is 0.312 e. The monoisotopic (exact) mass is 160 g/mol. The molecule has 4 heteroatoms. The van der Waals surface area contributed by atoms with Gasteiger partial charge in [0, 0.05) is 0 Å². The molecular weight excluding hydrogens is 144 g/mol. The molecule has 0 fully saturated rings. The smallest absolute Gasteiger partial charge is 0.312 e. The lowest BCUT2D eigenvalue weighted by Gasteiger charge is -2.16. The summed E-state index contributed by atoms with van der Waals surface area (Å²) in [6.45, 7) is 3.98. The lowest BCUT2D eigenvalue weighted by molar-refractivity contribution is 0.212. The zero-order valence-corrected chi connectivity index (χ0v) is 7.00. The summed E-state index contributed by atoms with van der Waals surface area (Å²) in [5.74, 6) is 0.444. The van der Waals surface area contributed by atoms with E-state index in [2.05, 4.69) is 5.32 Å². The molecule has 0 aliphatic carbocycles. The van der Waals surface area contributed by atoms with Crippen LogP contribution in [0.2, 0.25) is 0 Å². The SMILES string of the molecule is CC(C)CC(CO)NC(N)=O. The number of rotatable bonds is 4. The summed E-state index contributed by atoms with van der Waals surface area (Å²) >= 11 is 0. The minimum Gasteiger partial charge on any atom is -0.394 e. The lowest BCUT2D eigenvalue weighted by atomic mass is 10.0. The van der Waals surface area contributed by atoms with Crippen molar-refractivity contribution in [2.24, 2.45) is 11.7 Å². The predicted octanol–water partition coefficient (Wildman–Crippen LogP) is 0.0617. The van der Waals surface area contributed by atoms with Gasteiger partial charge in [-0.25, -0.2) is 4.79 Å². The van der Waals surface area contributed by atoms with Gasteiger partial charge in [-0.15, -0.1) is 0 Å². The van der Waals surface area contributed by atoms with Crippen LogP contribution in [0.5, 0.6) is 0 Å². The van der Waals surface area contributed by atoms with Gasteiger partial charge in [-0.1, -0.05) is 13.8 Å². The Hall–Kier alpha value is -0.770. The van der Waals surface area contributed by atoms with Gasteiger partial charge in [0.2, 0.25) is 0 Å². The molecule has 4 nitrogen and oxygen atoms in total. The van der Waals surface area contributed by atoms with E-state index in [4.69, 9.17) is 10.8 Å². The van der Waals surface area contributed by atoms with Crippen LogP contribution in [0.15, 0.2) is 0 Å². The molecule has 1 atom stereocenters. The van der Waals surface area contributed by atoms with Gasteiger partial charge in [-0.3, -0.25) is 0 Å². The largest absolute Gasteiger partial charge is 0.394 e. The molecule has 0 saturated carbocycles. The van der Waals surface area contributed by atoms with Crippen LogP contribution < -0.4 is 11.1 Å². The molecular formula is C7H16N2O2.